The fourth-order valence-corrected chi connectivity index (χ4v) is 4.16. The highest BCUT2D eigenvalue weighted by Crippen LogP contribution is 2.32. The molecule has 1 aliphatic rings. The number of rotatable bonds is 4. The van der Waals surface area contributed by atoms with Crippen molar-refractivity contribution in [3.63, 3.8) is 0 Å². The van der Waals surface area contributed by atoms with Crippen LogP contribution in [0.5, 0.6) is 0 Å². The summed E-state index contributed by atoms with van der Waals surface area (Å²) in [6, 6.07) is 5.32. The molecule has 4 nitrogen and oxygen atoms in total. The van der Waals surface area contributed by atoms with E-state index in [1.54, 1.807) is 12.1 Å². The molecule has 2 rings (SSSR count). The van der Waals surface area contributed by atoms with Crippen molar-refractivity contribution < 1.29 is 14.7 Å². The number of carboxylic acid groups (broad SMARTS) is 1. The van der Waals surface area contributed by atoms with Gasteiger partial charge < -0.3 is 10.4 Å². The van der Waals surface area contributed by atoms with Gasteiger partial charge in [-0.15, -0.1) is 0 Å². The summed E-state index contributed by atoms with van der Waals surface area (Å²) < 4.78 is 1.61. The summed E-state index contributed by atoms with van der Waals surface area (Å²) in [5.41, 5.74) is -0.0951. The molecule has 0 aromatic heterocycles. The van der Waals surface area contributed by atoms with Crippen LogP contribution in [-0.2, 0) is 4.79 Å². The first-order valence-corrected chi connectivity index (χ1v) is 8.49. The molecule has 0 radical (unpaired) electrons. The van der Waals surface area contributed by atoms with Crippen LogP contribution in [0.25, 0.3) is 0 Å². The minimum atomic E-state index is -0.868. The van der Waals surface area contributed by atoms with Gasteiger partial charge in [-0.1, -0.05) is 51.1 Å². The van der Waals surface area contributed by atoms with Gasteiger partial charge in [-0.25, -0.2) is 0 Å². The summed E-state index contributed by atoms with van der Waals surface area (Å²) in [5, 5.41) is 12.1. The normalized spacial score (nSPS) is 17.2. The maximum atomic E-state index is 12.5. The minimum Gasteiger partial charge on any atom is -0.481 e. The van der Waals surface area contributed by atoms with Gasteiger partial charge in [0.05, 0.1) is 12.0 Å². The van der Waals surface area contributed by atoms with E-state index in [1.165, 1.54) is 0 Å². The predicted molar refractivity (Wildman–Crippen MR) is 87.4 cm³/mol. The molecule has 21 heavy (non-hydrogen) atoms. The maximum Gasteiger partial charge on any atom is 0.305 e. The van der Waals surface area contributed by atoms with Gasteiger partial charge in [0.25, 0.3) is 5.91 Å². The molecular formula is C15H17Br2NO3. The molecular weight excluding hydrogens is 402 g/mol. The highest BCUT2D eigenvalue weighted by molar-refractivity contribution is 9.11. The number of nitrogens with one attached hydrogen (secondary N) is 1. The van der Waals surface area contributed by atoms with Crippen molar-refractivity contribution in [3.8, 4) is 0 Å². The molecule has 0 saturated heterocycles. The van der Waals surface area contributed by atoms with Crippen LogP contribution < -0.4 is 5.32 Å². The Bertz CT molecular complexity index is 534. The van der Waals surface area contributed by atoms with Crippen LogP contribution in [0.15, 0.2) is 27.1 Å². The molecule has 114 valence electrons. The van der Waals surface area contributed by atoms with Crippen LogP contribution in [0.3, 0.4) is 0 Å². The molecule has 0 aliphatic heterocycles. The summed E-state index contributed by atoms with van der Waals surface area (Å²) >= 11 is 6.71. The fraction of sp³-hybridized carbons (Fsp3) is 0.467. The third-order valence-electron chi connectivity index (χ3n) is 3.80. The summed E-state index contributed by atoms with van der Waals surface area (Å²) in [4.78, 5) is 23.6. The van der Waals surface area contributed by atoms with Gasteiger partial charge in [0, 0.05) is 14.5 Å². The average Bonchev–Trinajstić information content (AvgIpc) is 2.37. The molecule has 6 heteroatoms. The second-order valence-corrected chi connectivity index (χ2v) is 7.36. The van der Waals surface area contributed by atoms with Gasteiger partial charge in [0.15, 0.2) is 0 Å². The van der Waals surface area contributed by atoms with Crippen LogP contribution in [0, 0.1) is 0 Å². The van der Waals surface area contributed by atoms with Crippen LogP contribution in [-0.4, -0.2) is 22.5 Å². The van der Waals surface area contributed by atoms with Gasteiger partial charge in [0.2, 0.25) is 0 Å². The second-order valence-electron chi connectivity index (χ2n) is 5.52. The Balaban J connectivity index is 2.19. The number of carboxylic acids is 1. The molecule has 0 atom stereocenters. The summed E-state index contributed by atoms with van der Waals surface area (Å²) in [6.45, 7) is 0. The van der Waals surface area contributed by atoms with E-state index < -0.39 is 11.5 Å². The Morgan fingerprint density at radius 1 is 1.10 bits per heavy atom. The number of benzene rings is 1. The van der Waals surface area contributed by atoms with Crippen molar-refractivity contribution in [1.82, 2.24) is 5.32 Å². The number of halogens is 2. The van der Waals surface area contributed by atoms with Crippen molar-refractivity contribution >= 4 is 43.7 Å². The predicted octanol–water partition coefficient (Wildman–Crippen LogP) is 4.12. The first-order chi connectivity index (χ1) is 9.90. The van der Waals surface area contributed by atoms with Crippen LogP contribution in [0.2, 0.25) is 0 Å². The molecule has 1 aromatic rings. The monoisotopic (exact) mass is 417 g/mol. The van der Waals surface area contributed by atoms with Crippen LogP contribution in [0.4, 0.5) is 0 Å². The van der Waals surface area contributed by atoms with E-state index in [0.717, 1.165) is 41.0 Å². The number of aliphatic carboxylic acids is 1. The smallest absolute Gasteiger partial charge is 0.305 e. The molecule has 1 aromatic carbocycles. The Morgan fingerprint density at radius 3 is 2.19 bits per heavy atom. The minimum absolute atomic E-state index is 0.0199. The molecule has 0 spiro atoms. The summed E-state index contributed by atoms with van der Waals surface area (Å²) in [6.07, 6.45) is 4.43. The van der Waals surface area contributed by atoms with Crippen LogP contribution >= 0.6 is 31.9 Å². The lowest BCUT2D eigenvalue weighted by Crippen LogP contribution is -2.51. The molecule has 0 heterocycles. The second kappa shape index (κ2) is 6.92. The number of amides is 1. The van der Waals surface area contributed by atoms with Crippen molar-refractivity contribution in [2.24, 2.45) is 0 Å². The zero-order valence-corrected chi connectivity index (χ0v) is 14.7. The van der Waals surface area contributed by atoms with E-state index in [1.807, 2.05) is 6.07 Å². The highest BCUT2D eigenvalue weighted by Gasteiger charge is 2.36. The fourth-order valence-electron chi connectivity index (χ4n) is 2.86. The summed E-state index contributed by atoms with van der Waals surface area (Å²) in [5.74, 6) is -1.09. The van der Waals surface area contributed by atoms with E-state index in [0.29, 0.717) is 5.56 Å². The molecule has 0 bridgehead atoms. The number of carbonyl (C=O) groups is 2. The Labute approximate surface area is 140 Å². The summed E-state index contributed by atoms with van der Waals surface area (Å²) in [7, 11) is 0. The molecule has 2 N–H and O–H groups in total. The van der Waals surface area contributed by atoms with Crippen molar-refractivity contribution in [2.75, 3.05) is 0 Å². The standard InChI is InChI=1S/C15H17Br2NO3/c16-11-6-10(7-12(17)8-11)14(21)18-15(9-13(19)20)4-2-1-3-5-15/h6-8H,1-5,9H2,(H,18,21)(H,19,20). The van der Waals surface area contributed by atoms with E-state index in [-0.39, 0.29) is 12.3 Å². The Hall–Kier alpha value is -0.880. The number of hydrogen-bond donors (Lipinski definition) is 2. The quantitative estimate of drug-likeness (QED) is 0.772. The SMILES string of the molecule is O=C(O)CC1(NC(=O)c2cc(Br)cc(Br)c2)CCCCC1. The topological polar surface area (TPSA) is 66.4 Å². The first kappa shape index (κ1) is 16.5. The van der Waals surface area contributed by atoms with Gasteiger partial charge in [-0.3, -0.25) is 9.59 Å². The zero-order chi connectivity index (χ0) is 15.5. The van der Waals surface area contributed by atoms with E-state index >= 15 is 0 Å². The van der Waals surface area contributed by atoms with Crippen molar-refractivity contribution in [1.29, 1.82) is 0 Å². The molecule has 0 unspecified atom stereocenters. The Kier molecular flexibility index (Phi) is 5.43. The lowest BCUT2D eigenvalue weighted by molar-refractivity contribution is -0.139. The molecule has 1 amide bonds. The van der Waals surface area contributed by atoms with Crippen molar-refractivity contribution in [2.45, 2.75) is 44.1 Å². The van der Waals surface area contributed by atoms with E-state index in [2.05, 4.69) is 37.2 Å². The lowest BCUT2D eigenvalue weighted by atomic mass is 9.79. The van der Waals surface area contributed by atoms with Gasteiger partial charge in [-0.05, 0) is 31.0 Å². The van der Waals surface area contributed by atoms with E-state index in [9.17, 15) is 9.59 Å². The van der Waals surface area contributed by atoms with Gasteiger partial charge in [0.1, 0.15) is 0 Å². The Morgan fingerprint density at radius 2 is 1.67 bits per heavy atom. The lowest BCUT2D eigenvalue weighted by Gasteiger charge is -2.37. The van der Waals surface area contributed by atoms with Crippen molar-refractivity contribution in [3.05, 3.63) is 32.7 Å². The third-order valence-corrected chi connectivity index (χ3v) is 4.72. The largest absolute Gasteiger partial charge is 0.481 e. The number of hydrogen-bond acceptors (Lipinski definition) is 2. The number of carbonyl (C=O) groups excluding carboxylic acids is 1. The van der Waals surface area contributed by atoms with Gasteiger partial charge in [-0.2, -0.15) is 0 Å². The maximum absolute atomic E-state index is 12.5. The van der Waals surface area contributed by atoms with Gasteiger partial charge >= 0.3 is 5.97 Å². The zero-order valence-electron chi connectivity index (χ0n) is 11.5. The molecule has 1 aliphatic carbocycles. The third kappa shape index (κ3) is 4.54. The highest BCUT2D eigenvalue weighted by atomic mass is 79.9. The average molecular weight is 419 g/mol. The molecule has 1 fully saturated rings. The van der Waals surface area contributed by atoms with Crippen LogP contribution in [0.1, 0.15) is 48.9 Å². The first-order valence-electron chi connectivity index (χ1n) is 6.91. The van der Waals surface area contributed by atoms with E-state index in [4.69, 9.17) is 5.11 Å². The molecule has 1 saturated carbocycles.